The average molecular weight is 277 g/mol. The van der Waals surface area contributed by atoms with Crippen LogP contribution in [0.3, 0.4) is 0 Å². The van der Waals surface area contributed by atoms with Gasteiger partial charge in [0.15, 0.2) is 0 Å². The molecule has 2 aliphatic rings. The number of hydrogen-bond donors (Lipinski definition) is 2. The first-order chi connectivity index (χ1) is 9.56. The molecule has 0 spiro atoms. The molecule has 2 aliphatic carbocycles. The number of nitrogens with one attached hydrogen (secondary N) is 1. The van der Waals surface area contributed by atoms with Gasteiger partial charge in [-0.05, 0) is 32.1 Å². The van der Waals surface area contributed by atoms with E-state index in [9.17, 15) is 9.59 Å². The van der Waals surface area contributed by atoms with E-state index in [4.69, 9.17) is 5.11 Å². The SMILES string of the molecule is Cn1ncc(C(=O)N[C@H]2CC[C@@H](C(=O)O)C2)c1C1CC1. The lowest BCUT2D eigenvalue weighted by Crippen LogP contribution is -2.33. The van der Waals surface area contributed by atoms with Crippen LogP contribution in [-0.2, 0) is 11.8 Å². The number of aliphatic carboxylic acids is 1. The maximum absolute atomic E-state index is 12.3. The molecular formula is C14H19N3O3. The van der Waals surface area contributed by atoms with Crippen molar-refractivity contribution in [3.8, 4) is 0 Å². The zero-order chi connectivity index (χ0) is 14.3. The minimum Gasteiger partial charge on any atom is -0.481 e. The molecule has 108 valence electrons. The van der Waals surface area contributed by atoms with Gasteiger partial charge in [-0.1, -0.05) is 0 Å². The summed E-state index contributed by atoms with van der Waals surface area (Å²) in [5, 5.41) is 16.1. The molecule has 20 heavy (non-hydrogen) atoms. The molecule has 2 atom stereocenters. The molecule has 0 bridgehead atoms. The quantitative estimate of drug-likeness (QED) is 0.868. The Bertz CT molecular complexity index is 548. The van der Waals surface area contributed by atoms with Crippen molar-refractivity contribution in [2.24, 2.45) is 13.0 Å². The fourth-order valence-electron chi connectivity index (χ4n) is 3.06. The molecule has 0 aromatic carbocycles. The number of nitrogens with zero attached hydrogens (tertiary/aromatic N) is 2. The second-order valence-corrected chi connectivity index (χ2v) is 5.86. The van der Waals surface area contributed by atoms with Crippen molar-refractivity contribution in [3.63, 3.8) is 0 Å². The van der Waals surface area contributed by atoms with E-state index in [1.807, 2.05) is 7.05 Å². The zero-order valence-corrected chi connectivity index (χ0v) is 11.5. The zero-order valence-electron chi connectivity index (χ0n) is 11.5. The van der Waals surface area contributed by atoms with Gasteiger partial charge in [0.25, 0.3) is 5.91 Å². The predicted molar refractivity (Wildman–Crippen MR) is 71.4 cm³/mol. The Labute approximate surface area is 117 Å². The molecule has 1 aromatic rings. The lowest BCUT2D eigenvalue weighted by atomic mass is 10.1. The first-order valence-electron chi connectivity index (χ1n) is 7.12. The number of carbonyl (C=O) groups is 2. The Morgan fingerprint density at radius 2 is 2.10 bits per heavy atom. The monoisotopic (exact) mass is 277 g/mol. The molecule has 0 aliphatic heterocycles. The van der Waals surface area contributed by atoms with E-state index in [0.29, 0.717) is 24.3 Å². The normalized spacial score (nSPS) is 25.6. The van der Waals surface area contributed by atoms with Crippen molar-refractivity contribution in [1.82, 2.24) is 15.1 Å². The van der Waals surface area contributed by atoms with Gasteiger partial charge in [0.2, 0.25) is 0 Å². The summed E-state index contributed by atoms with van der Waals surface area (Å²) in [6.45, 7) is 0. The average Bonchev–Trinajstić information content (AvgIpc) is 2.99. The lowest BCUT2D eigenvalue weighted by molar-refractivity contribution is -0.141. The smallest absolute Gasteiger partial charge is 0.306 e. The van der Waals surface area contributed by atoms with Gasteiger partial charge < -0.3 is 10.4 Å². The van der Waals surface area contributed by atoms with Crippen molar-refractivity contribution in [3.05, 3.63) is 17.5 Å². The van der Waals surface area contributed by atoms with Gasteiger partial charge in [-0.25, -0.2) is 0 Å². The van der Waals surface area contributed by atoms with E-state index in [-0.39, 0.29) is 17.9 Å². The van der Waals surface area contributed by atoms with Crippen LogP contribution in [0.1, 0.15) is 54.1 Å². The van der Waals surface area contributed by atoms with Gasteiger partial charge in [-0.3, -0.25) is 14.3 Å². The summed E-state index contributed by atoms with van der Waals surface area (Å²) >= 11 is 0. The number of amides is 1. The number of hydrogen-bond acceptors (Lipinski definition) is 3. The van der Waals surface area contributed by atoms with E-state index in [0.717, 1.165) is 25.0 Å². The highest BCUT2D eigenvalue weighted by atomic mass is 16.4. The fourth-order valence-corrected chi connectivity index (χ4v) is 3.06. The predicted octanol–water partition coefficient (Wildman–Crippen LogP) is 1.28. The maximum atomic E-state index is 12.3. The van der Waals surface area contributed by atoms with Gasteiger partial charge in [0, 0.05) is 19.0 Å². The van der Waals surface area contributed by atoms with E-state index in [2.05, 4.69) is 10.4 Å². The molecule has 6 heteroatoms. The summed E-state index contributed by atoms with van der Waals surface area (Å²) in [5.74, 6) is -0.742. The second kappa shape index (κ2) is 4.92. The van der Waals surface area contributed by atoms with Crippen molar-refractivity contribution in [2.45, 2.75) is 44.1 Å². The Balaban J connectivity index is 1.67. The Morgan fingerprint density at radius 3 is 2.70 bits per heavy atom. The largest absolute Gasteiger partial charge is 0.481 e. The first kappa shape index (κ1) is 13.1. The van der Waals surface area contributed by atoms with Gasteiger partial charge in [-0.2, -0.15) is 5.10 Å². The summed E-state index contributed by atoms with van der Waals surface area (Å²) in [6, 6.07) is -0.0316. The van der Waals surface area contributed by atoms with Crippen molar-refractivity contribution < 1.29 is 14.7 Å². The highest BCUT2D eigenvalue weighted by Gasteiger charge is 2.34. The number of carboxylic acid groups (broad SMARTS) is 1. The van der Waals surface area contributed by atoms with Crippen LogP contribution in [0.2, 0.25) is 0 Å². The molecule has 1 aromatic heterocycles. The lowest BCUT2D eigenvalue weighted by Gasteiger charge is -2.12. The third-order valence-corrected chi connectivity index (χ3v) is 4.31. The third-order valence-electron chi connectivity index (χ3n) is 4.31. The molecule has 2 saturated carbocycles. The minimum atomic E-state index is -0.762. The minimum absolute atomic E-state index is 0.0316. The topological polar surface area (TPSA) is 84.2 Å². The summed E-state index contributed by atoms with van der Waals surface area (Å²) in [7, 11) is 1.86. The molecular weight excluding hydrogens is 258 g/mol. The molecule has 1 amide bonds. The number of carboxylic acids is 1. The number of aromatic nitrogens is 2. The van der Waals surface area contributed by atoms with Crippen LogP contribution in [0.25, 0.3) is 0 Å². The first-order valence-corrected chi connectivity index (χ1v) is 7.12. The molecule has 3 rings (SSSR count). The molecule has 0 unspecified atom stereocenters. The molecule has 6 nitrogen and oxygen atoms in total. The number of aryl methyl sites for hydroxylation is 1. The van der Waals surface area contributed by atoms with Gasteiger partial charge in [0.05, 0.1) is 23.4 Å². The summed E-state index contributed by atoms with van der Waals surface area (Å²) in [4.78, 5) is 23.3. The van der Waals surface area contributed by atoms with Crippen LogP contribution in [0.5, 0.6) is 0 Å². The van der Waals surface area contributed by atoms with Crippen LogP contribution < -0.4 is 5.32 Å². The van der Waals surface area contributed by atoms with Gasteiger partial charge >= 0.3 is 5.97 Å². The van der Waals surface area contributed by atoms with Gasteiger partial charge in [-0.15, -0.1) is 0 Å². The van der Waals surface area contributed by atoms with E-state index in [1.54, 1.807) is 10.9 Å². The van der Waals surface area contributed by atoms with Crippen LogP contribution in [0.15, 0.2) is 6.20 Å². The molecule has 0 saturated heterocycles. The van der Waals surface area contributed by atoms with Crippen molar-refractivity contribution in [2.75, 3.05) is 0 Å². The van der Waals surface area contributed by atoms with E-state index in [1.165, 1.54) is 0 Å². The number of rotatable bonds is 4. The fraction of sp³-hybridized carbons (Fsp3) is 0.643. The Kier molecular flexibility index (Phi) is 3.23. The van der Waals surface area contributed by atoms with Crippen LogP contribution in [-0.4, -0.2) is 32.8 Å². The highest BCUT2D eigenvalue weighted by molar-refractivity contribution is 5.95. The second-order valence-electron chi connectivity index (χ2n) is 5.86. The van der Waals surface area contributed by atoms with Crippen molar-refractivity contribution in [1.29, 1.82) is 0 Å². The van der Waals surface area contributed by atoms with E-state index < -0.39 is 5.97 Å². The van der Waals surface area contributed by atoms with Crippen LogP contribution >= 0.6 is 0 Å². The Hall–Kier alpha value is -1.85. The number of carbonyl (C=O) groups excluding carboxylic acids is 1. The molecule has 0 radical (unpaired) electrons. The molecule has 2 N–H and O–H groups in total. The summed E-state index contributed by atoms with van der Waals surface area (Å²) in [5.41, 5.74) is 1.66. The highest BCUT2D eigenvalue weighted by Crippen LogP contribution is 2.41. The molecule has 2 fully saturated rings. The molecule has 1 heterocycles. The third kappa shape index (κ3) is 2.42. The summed E-state index contributed by atoms with van der Waals surface area (Å²) in [6.07, 6.45) is 5.76. The Morgan fingerprint density at radius 1 is 1.35 bits per heavy atom. The maximum Gasteiger partial charge on any atom is 0.306 e. The summed E-state index contributed by atoms with van der Waals surface area (Å²) < 4.78 is 1.78. The van der Waals surface area contributed by atoms with Crippen LogP contribution in [0, 0.1) is 5.92 Å². The van der Waals surface area contributed by atoms with E-state index >= 15 is 0 Å². The van der Waals surface area contributed by atoms with Crippen LogP contribution in [0.4, 0.5) is 0 Å². The standard InChI is InChI=1S/C14H19N3O3/c1-17-12(8-2-3-8)11(7-15-17)13(18)16-10-5-4-9(6-10)14(19)20/h7-10H,2-6H2,1H3,(H,16,18)(H,19,20)/t9-,10+/m1/s1. The van der Waals surface area contributed by atoms with Crippen molar-refractivity contribution >= 4 is 11.9 Å². The van der Waals surface area contributed by atoms with Gasteiger partial charge in [0.1, 0.15) is 0 Å².